The summed E-state index contributed by atoms with van der Waals surface area (Å²) < 4.78 is 5.21. The highest BCUT2D eigenvalue weighted by molar-refractivity contribution is 6.32. The van der Waals surface area contributed by atoms with Gasteiger partial charge in [0.25, 0.3) is 0 Å². The number of rotatable bonds is 7. The zero-order valence-corrected chi connectivity index (χ0v) is 14.1. The molecular formula is C16H22Cl2N2O2. The van der Waals surface area contributed by atoms with Crippen molar-refractivity contribution in [3.63, 3.8) is 0 Å². The van der Waals surface area contributed by atoms with Crippen molar-refractivity contribution in [2.24, 2.45) is 11.7 Å². The lowest BCUT2D eigenvalue weighted by Gasteiger charge is -2.13. The van der Waals surface area contributed by atoms with Gasteiger partial charge in [0, 0.05) is 0 Å². The molecule has 0 bridgehead atoms. The Kier molecular flexibility index (Phi) is 6.93. The largest absolute Gasteiger partial charge is 0.460 e. The molecule has 1 aromatic heterocycles. The molecule has 0 aromatic carbocycles. The average molecular weight is 345 g/mol. The molecule has 122 valence electrons. The second kappa shape index (κ2) is 8.70. The molecule has 0 saturated heterocycles. The molecule has 22 heavy (non-hydrogen) atoms. The molecule has 4 nitrogen and oxygen atoms in total. The smallest absolute Gasteiger partial charge is 0.323 e. The van der Waals surface area contributed by atoms with Crippen molar-refractivity contribution in [2.75, 3.05) is 0 Å². The molecule has 0 spiro atoms. The number of carbonyl (C=O) groups excluding carboxylic acids is 1. The van der Waals surface area contributed by atoms with Gasteiger partial charge in [-0.25, -0.2) is 4.98 Å². The maximum Gasteiger partial charge on any atom is 0.323 e. The Morgan fingerprint density at radius 1 is 1.32 bits per heavy atom. The first-order valence-corrected chi connectivity index (χ1v) is 8.54. The van der Waals surface area contributed by atoms with Crippen LogP contribution in [0, 0.1) is 5.92 Å². The lowest BCUT2D eigenvalue weighted by molar-refractivity contribution is -0.146. The maximum absolute atomic E-state index is 11.9. The number of pyridine rings is 1. The van der Waals surface area contributed by atoms with E-state index in [2.05, 4.69) is 4.98 Å². The number of aromatic nitrogens is 1. The molecule has 1 aromatic rings. The molecule has 1 aliphatic carbocycles. The van der Waals surface area contributed by atoms with Crippen LogP contribution in [0.15, 0.2) is 12.1 Å². The quantitative estimate of drug-likeness (QED) is 0.596. The molecule has 1 fully saturated rings. The van der Waals surface area contributed by atoms with Gasteiger partial charge in [-0.2, -0.15) is 0 Å². The van der Waals surface area contributed by atoms with E-state index in [0.717, 1.165) is 18.8 Å². The zero-order chi connectivity index (χ0) is 15.9. The topological polar surface area (TPSA) is 65.2 Å². The molecule has 1 heterocycles. The van der Waals surface area contributed by atoms with Gasteiger partial charge >= 0.3 is 5.97 Å². The molecule has 2 rings (SSSR count). The van der Waals surface area contributed by atoms with E-state index in [4.69, 9.17) is 33.7 Å². The van der Waals surface area contributed by atoms with Crippen LogP contribution in [-0.2, 0) is 16.1 Å². The number of nitrogens with zero attached hydrogens (tertiary/aromatic N) is 1. The van der Waals surface area contributed by atoms with Crippen molar-refractivity contribution in [1.29, 1.82) is 0 Å². The first kappa shape index (κ1) is 17.5. The first-order valence-electron chi connectivity index (χ1n) is 7.79. The van der Waals surface area contributed by atoms with Crippen molar-refractivity contribution in [2.45, 2.75) is 57.6 Å². The summed E-state index contributed by atoms with van der Waals surface area (Å²) >= 11 is 11.6. The Balaban J connectivity index is 1.69. The third-order valence-electron chi connectivity index (χ3n) is 4.11. The van der Waals surface area contributed by atoms with Crippen molar-refractivity contribution >= 4 is 29.2 Å². The van der Waals surface area contributed by atoms with E-state index in [1.807, 2.05) is 0 Å². The van der Waals surface area contributed by atoms with Gasteiger partial charge in [-0.1, -0.05) is 61.7 Å². The van der Waals surface area contributed by atoms with E-state index in [1.54, 1.807) is 12.1 Å². The van der Waals surface area contributed by atoms with Gasteiger partial charge in [0.1, 0.15) is 23.0 Å². The standard InChI is InChI=1S/C16H22Cl2N2O2/c17-14-8-12(9-15(18)20-14)10-22-16(21)13(19)7-3-6-11-4-1-2-5-11/h8-9,11,13H,1-7,10,19H2/t13-/m0/s1. The van der Waals surface area contributed by atoms with Crippen molar-refractivity contribution in [3.8, 4) is 0 Å². The van der Waals surface area contributed by atoms with E-state index in [-0.39, 0.29) is 22.9 Å². The summed E-state index contributed by atoms with van der Waals surface area (Å²) in [5, 5.41) is 0.554. The Hall–Kier alpha value is -0.840. The summed E-state index contributed by atoms with van der Waals surface area (Å²) in [4.78, 5) is 15.7. The fourth-order valence-electron chi connectivity index (χ4n) is 2.90. The van der Waals surface area contributed by atoms with Crippen LogP contribution in [-0.4, -0.2) is 17.0 Å². The van der Waals surface area contributed by atoms with Crippen LogP contribution in [0.3, 0.4) is 0 Å². The van der Waals surface area contributed by atoms with Crippen LogP contribution in [0.1, 0.15) is 50.5 Å². The van der Waals surface area contributed by atoms with E-state index < -0.39 is 6.04 Å². The second-order valence-electron chi connectivity index (χ2n) is 5.92. The van der Waals surface area contributed by atoms with Gasteiger partial charge < -0.3 is 10.5 Å². The van der Waals surface area contributed by atoms with Gasteiger partial charge in [-0.05, 0) is 30.0 Å². The van der Waals surface area contributed by atoms with Crippen LogP contribution >= 0.6 is 23.2 Å². The van der Waals surface area contributed by atoms with E-state index in [0.29, 0.717) is 12.0 Å². The van der Waals surface area contributed by atoms with Crippen LogP contribution < -0.4 is 5.73 Å². The van der Waals surface area contributed by atoms with Crippen LogP contribution in [0.5, 0.6) is 0 Å². The van der Waals surface area contributed by atoms with Crippen molar-refractivity contribution in [1.82, 2.24) is 4.98 Å². The predicted octanol–water partition coefficient (Wildman–Crippen LogP) is 4.12. The summed E-state index contributed by atoms with van der Waals surface area (Å²) in [7, 11) is 0. The number of hydrogen-bond donors (Lipinski definition) is 1. The van der Waals surface area contributed by atoms with E-state index in [1.165, 1.54) is 25.7 Å². The molecule has 0 radical (unpaired) electrons. The minimum Gasteiger partial charge on any atom is -0.460 e. The summed E-state index contributed by atoms with van der Waals surface area (Å²) in [6.07, 6.45) is 8.15. The molecule has 2 N–H and O–H groups in total. The van der Waals surface area contributed by atoms with Crippen molar-refractivity contribution < 1.29 is 9.53 Å². The highest BCUT2D eigenvalue weighted by Gasteiger charge is 2.18. The fourth-order valence-corrected chi connectivity index (χ4v) is 3.41. The lowest BCUT2D eigenvalue weighted by atomic mass is 9.99. The molecular weight excluding hydrogens is 323 g/mol. The molecule has 1 aliphatic rings. The van der Waals surface area contributed by atoms with Crippen LogP contribution in [0.4, 0.5) is 0 Å². The number of nitrogens with two attached hydrogens (primary N) is 1. The molecule has 0 amide bonds. The molecule has 1 saturated carbocycles. The van der Waals surface area contributed by atoms with Crippen LogP contribution in [0.25, 0.3) is 0 Å². The van der Waals surface area contributed by atoms with Gasteiger partial charge in [-0.15, -0.1) is 0 Å². The minimum absolute atomic E-state index is 0.108. The maximum atomic E-state index is 11.9. The van der Waals surface area contributed by atoms with E-state index in [9.17, 15) is 4.79 Å². The predicted molar refractivity (Wildman–Crippen MR) is 87.8 cm³/mol. The molecule has 0 unspecified atom stereocenters. The first-order chi connectivity index (χ1) is 10.5. The SMILES string of the molecule is N[C@@H](CCCC1CCCC1)C(=O)OCc1cc(Cl)nc(Cl)c1. The van der Waals surface area contributed by atoms with Gasteiger partial charge in [0.05, 0.1) is 0 Å². The summed E-state index contributed by atoms with van der Waals surface area (Å²) in [6.45, 7) is 0.108. The summed E-state index contributed by atoms with van der Waals surface area (Å²) in [6, 6.07) is 2.67. The monoisotopic (exact) mass is 344 g/mol. The van der Waals surface area contributed by atoms with Gasteiger partial charge in [0.15, 0.2) is 0 Å². The Morgan fingerprint density at radius 3 is 2.59 bits per heavy atom. The Morgan fingerprint density at radius 2 is 1.95 bits per heavy atom. The highest BCUT2D eigenvalue weighted by Crippen LogP contribution is 2.29. The van der Waals surface area contributed by atoms with Crippen LogP contribution in [0.2, 0.25) is 10.3 Å². The number of ether oxygens (including phenoxy) is 1. The zero-order valence-electron chi connectivity index (χ0n) is 12.6. The molecule has 6 heteroatoms. The highest BCUT2D eigenvalue weighted by atomic mass is 35.5. The molecule has 0 aliphatic heterocycles. The van der Waals surface area contributed by atoms with Gasteiger partial charge in [-0.3, -0.25) is 4.79 Å². The third-order valence-corrected chi connectivity index (χ3v) is 4.50. The number of hydrogen-bond acceptors (Lipinski definition) is 4. The number of esters is 1. The number of halogens is 2. The summed E-state index contributed by atoms with van der Waals surface area (Å²) in [5.74, 6) is 0.444. The van der Waals surface area contributed by atoms with Gasteiger partial charge in [0.2, 0.25) is 0 Å². The lowest BCUT2D eigenvalue weighted by Crippen LogP contribution is -2.32. The third kappa shape index (κ3) is 5.75. The number of carbonyl (C=O) groups is 1. The minimum atomic E-state index is -0.561. The molecule has 1 atom stereocenters. The van der Waals surface area contributed by atoms with Crippen molar-refractivity contribution in [3.05, 3.63) is 28.0 Å². The normalized spacial score (nSPS) is 16.7. The Labute approximate surface area is 141 Å². The van der Waals surface area contributed by atoms with E-state index >= 15 is 0 Å². The fraction of sp³-hybridized carbons (Fsp3) is 0.625. The Bertz CT molecular complexity index is 485. The summed E-state index contributed by atoms with van der Waals surface area (Å²) in [5.41, 5.74) is 6.59. The average Bonchev–Trinajstić information content (AvgIpc) is 2.97. The second-order valence-corrected chi connectivity index (χ2v) is 6.69.